The van der Waals surface area contributed by atoms with E-state index < -0.39 is 17.7 Å². The van der Waals surface area contributed by atoms with Crippen molar-refractivity contribution in [2.75, 3.05) is 0 Å². The first kappa shape index (κ1) is 10.7. The molecule has 1 aromatic heterocycles. The Hall–Kier alpha value is -1.41. The fourth-order valence-electron chi connectivity index (χ4n) is 1.01. The van der Waals surface area contributed by atoms with Gasteiger partial charge in [-0.05, 0) is 0 Å². The average molecular weight is 219 g/mol. The third kappa shape index (κ3) is 1.91. The predicted molar refractivity (Wildman–Crippen MR) is 45.2 cm³/mol. The minimum Gasteiger partial charge on any atom is -0.506 e. The second kappa shape index (κ2) is 4.20. The number of hydrogen-bond donors (Lipinski definition) is 1. The highest BCUT2D eigenvalue weighted by Gasteiger charge is 2.20. The maximum atomic E-state index is 12.4. The van der Waals surface area contributed by atoms with Crippen molar-refractivity contribution in [3.05, 3.63) is 22.5 Å². The van der Waals surface area contributed by atoms with Crippen LogP contribution in [0, 0.1) is 11.3 Å². The molecule has 0 saturated heterocycles. The van der Waals surface area contributed by atoms with Crippen LogP contribution in [0.1, 0.15) is 17.6 Å². The van der Waals surface area contributed by atoms with Crippen molar-refractivity contribution in [2.24, 2.45) is 0 Å². The molecular weight excluding hydrogens is 214 g/mol. The molecule has 0 aliphatic heterocycles. The lowest BCUT2D eigenvalue weighted by atomic mass is 10.1. The molecule has 0 aromatic carbocycles. The van der Waals surface area contributed by atoms with Crippen molar-refractivity contribution in [1.82, 2.24) is 4.98 Å². The van der Waals surface area contributed by atoms with Crippen molar-refractivity contribution >= 4 is 11.6 Å². The minimum absolute atomic E-state index is 0.164. The van der Waals surface area contributed by atoms with Crippen LogP contribution >= 0.6 is 11.6 Å². The molecule has 1 rings (SSSR count). The van der Waals surface area contributed by atoms with Gasteiger partial charge in [0.2, 0.25) is 0 Å². The minimum atomic E-state index is -2.86. The van der Waals surface area contributed by atoms with Gasteiger partial charge >= 0.3 is 0 Å². The van der Waals surface area contributed by atoms with E-state index in [-0.39, 0.29) is 17.1 Å². The summed E-state index contributed by atoms with van der Waals surface area (Å²) in [6.45, 7) is 0. The van der Waals surface area contributed by atoms with Gasteiger partial charge in [0, 0.05) is 5.56 Å². The summed E-state index contributed by atoms with van der Waals surface area (Å²) >= 11 is 5.42. The molecular formula is C8H5ClF2N2O. The molecule has 6 heteroatoms. The molecule has 0 spiro atoms. The van der Waals surface area contributed by atoms with Crippen LogP contribution in [0.2, 0.25) is 5.15 Å². The number of alkyl halides is 2. The Morgan fingerprint density at radius 3 is 2.79 bits per heavy atom. The number of nitrogens with zero attached hydrogens (tertiary/aromatic N) is 2. The molecule has 0 aliphatic rings. The largest absolute Gasteiger partial charge is 0.506 e. The van der Waals surface area contributed by atoms with Crippen molar-refractivity contribution in [3.8, 4) is 11.8 Å². The SMILES string of the molecule is N#CCc1c(O)cnc(Cl)c1C(F)F. The van der Waals surface area contributed by atoms with Crippen LogP contribution in [0.4, 0.5) is 8.78 Å². The average Bonchev–Trinajstić information content (AvgIpc) is 2.11. The van der Waals surface area contributed by atoms with Gasteiger partial charge in [-0.2, -0.15) is 5.26 Å². The normalized spacial score (nSPS) is 10.2. The molecule has 0 aliphatic carbocycles. The van der Waals surface area contributed by atoms with Gasteiger partial charge in [-0.1, -0.05) is 11.6 Å². The molecule has 74 valence electrons. The summed E-state index contributed by atoms with van der Waals surface area (Å²) in [5, 5.41) is 17.2. The molecule has 0 amide bonds. The van der Waals surface area contributed by atoms with Gasteiger partial charge in [0.15, 0.2) is 0 Å². The Morgan fingerprint density at radius 2 is 2.29 bits per heavy atom. The third-order valence-electron chi connectivity index (χ3n) is 1.63. The summed E-state index contributed by atoms with van der Waals surface area (Å²) in [6.07, 6.45) is -2.24. The van der Waals surface area contributed by atoms with E-state index in [0.717, 1.165) is 6.20 Å². The van der Waals surface area contributed by atoms with E-state index in [1.165, 1.54) is 0 Å². The fourth-order valence-corrected chi connectivity index (χ4v) is 1.26. The van der Waals surface area contributed by atoms with Gasteiger partial charge < -0.3 is 5.11 Å². The number of rotatable bonds is 2. The second-order valence-corrected chi connectivity index (χ2v) is 2.82. The number of aromatic hydroxyl groups is 1. The molecule has 0 bridgehead atoms. The maximum absolute atomic E-state index is 12.4. The highest BCUT2D eigenvalue weighted by atomic mass is 35.5. The Balaban J connectivity index is 3.35. The van der Waals surface area contributed by atoms with Crippen LogP contribution < -0.4 is 0 Å². The van der Waals surface area contributed by atoms with Gasteiger partial charge in [-0.25, -0.2) is 13.8 Å². The monoisotopic (exact) mass is 218 g/mol. The number of halogens is 3. The smallest absolute Gasteiger partial charge is 0.267 e. The van der Waals surface area contributed by atoms with Crippen LogP contribution in [0.5, 0.6) is 5.75 Å². The molecule has 0 saturated carbocycles. The van der Waals surface area contributed by atoms with Gasteiger partial charge in [0.1, 0.15) is 10.9 Å². The van der Waals surface area contributed by atoms with Crippen LogP contribution in [-0.4, -0.2) is 10.1 Å². The standard InChI is InChI=1S/C8H5ClF2N2O/c9-7-6(8(10)11)4(1-2-12)5(14)3-13-7/h3,8,14H,1H2. The summed E-state index contributed by atoms with van der Waals surface area (Å²) in [4.78, 5) is 3.37. The van der Waals surface area contributed by atoms with Crippen molar-refractivity contribution in [2.45, 2.75) is 12.8 Å². The number of pyridine rings is 1. The van der Waals surface area contributed by atoms with Crippen LogP contribution in [0.25, 0.3) is 0 Å². The predicted octanol–water partition coefficient (Wildman–Crippen LogP) is 2.44. The van der Waals surface area contributed by atoms with E-state index in [4.69, 9.17) is 16.9 Å². The first-order chi connectivity index (χ1) is 6.57. The van der Waals surface area contributed by atoms with Gasteiger partial charge in [0.05, 0.1) is 24.3 Å². The summed E-state index contributed by atoms with van der Waals surface area (Å²) in [6, 6.07) is 1.67. The Labute approximate surface area is 83.6 Å². The van der Waals surface area contributed by atoms with E-state index in [2.05, 4.69) is 4.98 Å². The molecule has 0 fully saturated rings. The van der Waals surface area contributed by atoms with E-state index in [1.807, 2.05) is 0 Å². The maximum Gasteiger partial charge on any atom is 0.267 e. The molecule has 1 aromatic rings. The van der Waals surface area contributed by atoms with Gasteiger partial charge in [-0.15, -0.1) is 0 Å². The van der Waals surface area contributed by atoms with Crippen LogP contribution in [-0.2, 0) is 6.42 Å². The zero-order chi connectivity index (χ0) is 10.7. The summed E-state index contributed by atoms with van der Waals surface area (Å²) in [7, 11) is 0. The molecule has 14 heavy (non-hydrogen) atoms. The number of hydrogen-bond acceptors (Lipinski definition) is 3. The van der Waals surface area contributed by atoms with E-state index in [1.54, 1.807) is 6.07 Å². The van der Waals surface area contributed by atoms with E-state index >= 15 is 0 Å². The van der Waals surface area contributed by atoms with Crippen LogP contribution in [0.3, 0.4) is 0 Å². The van der Waals surface area contributed by atoms with Crippen molar-refractivity contribution < 1.29 is 13.9 Å². The quantitative estimate of drug-likeness (QED) is 0.776. The third-order valence-corrected chi connectivity index (χ3v) is 1.93. The Kier molecular flexibility index (Phi) is 3.20. The lowest BCUT2D eigenvalue weighted by Gasteiger charge is -2.08. The topological polar surface area (TPSA) is 56.9 Å². The number of aromatic nitrogens is 1. The highest BCUT2D eigenvalue weighted by Crippen LogP contribution is 2.33. The lowest BCUT2D eigenvalue weighted by molar-refractivity contribution is 0.149. The zero-order valence-corrected chi connectivity index (χ0v) is 7.59. The molecule has 1 N–H and O–H groups in total. The first-order valence-corrected chi connectivity index (χ1v) is 3.97. The highest BCUT2D eigenvalue weighted by molar-refractivity contribution is 6.30. The van der Waals surface area contributed by atoms with Crippen molar-refractivity contribution in [1.29, 1.82) is 5.26 Å². The van der Waals surface area contributed by atoms with Gasteiger partial charge in [0.25, 0.3) is 6.43 Å². The summed E-state index contributed by atoms with van der Waals surface area (Å²) < 4.78 is 24.9. The molecule has 1 heterocycles. The second-order valence-electron chi connectivity index (χ2n) is 2.46. The molecule has 0 atom stereocenters. The summed E-state index contributed by atoms with van der Waals surface area (Å²) in [5.41, 5.74) is -0.740. The molecule has 0 radical (unpaired) electrons. The fraction of sp³-hybridized carbons (Fsp3) is 0.250. The Bertz CT molecular complexity index is 390. The lowest BCUT2D eigenvalue weighted by Crippen LogP contribution is -1.98. The molecule has 0 unspecified atom stereocenters. The summed E-state index contributed by atoms with van der Waals surface area (Å²) in [5.74, 6) is -0.439. The van der Waals surface area contributed by atoms with E-state index in [9.17, 15) is 13.9 Å². The van der Waals surface area contributed by atoms with Crippen LogP contribution in [0.15, 0.2) is 6.20 Å². The Morgan fingerprint density at radius 1 is 1.64 bits per heavy atom. The van der Waals surface area contributed by atoms with E-state index in [0.29, 0.717) is 0 Å². The van der Waals surface area contributed by atoms with Crippen molar-refractivity contribution in [3.63, 3.8) is 0 Å². The zero-order valence-electron chi connectivity index (χ0n) is 6.84. The van der Waals surface area contributed by atoms with Gasteiger partial charge in [-0.3, -0.25) is 0 Å². The number of nitriles is 1. The molecule has 3 nitrogen and oxygen atoms in total. The first-order valence-electron chi connectivity index (χ1n) is 3.59.